The lowest BCUT2D eigenvalue weighted by Gasteiger charge is -2.15. The minimum absolute atomic E-state index is 1.31. The van der Waals surface area contributed by atoms with Crippen LogP contribution in [0.25, 0.3) is 11.1 Å². The van der Waals surface area contributed by atoms with Crippen molar-refractivity contribution in [1.82, 2.24) is 0 Å². The lowest BCUT2D eigenvalue weighted by Crippen LogP contribution is -2.11. The molecule has 0 nitrogen and oxygen atoms in total. The number of halogens is 14. The Morgan fingerprint density at radius 1 is 0.343 bits per heavy atom. The number of rotatable bonds is 2. The topological polar surface area (TPSA) is 0 Å². The fourth-order valence-corrected chi connectivity index (χ4v) is 2.86. The van der Waals surface area contributed by atoms with Crippen LogP contribution < -0.4 is 0 Å². The number of hydrogen-bond donors (Lipinski definition) is 0. The van der Waals surface area contributed by atoms with Crippen LogP contribution in [0.2, 0.25) is 0 Å². The van der Waals surface area contributed by atoms with E-state index in [4.69, 9.17) is 0 Å². The summed E-state index contributed by atoms with van der Waals surface area (Å²) in [5, 5.41) is 0. The van der Waals surface area contributed by atoms with Gasteiger partial charge >= 0.3 is 0 Å². The average Bonchev–Trinajstić information content (AvgIpc) is 2.84. The van der Waals surface area contributed by atoms with E-state index in [0.717, 1.165) is 0 Å². The summed E-state index contributed by atoms with van der Waals surface area (Å²) in [6.45, 7) is 0. The Hall–Kier alpha value is -3.76. The summed E-state index contributed by atoms with van der Waals surface area (Å²) in [6.07, 6.45) is -1.60. The van der Waals surface area contributed by atoms with E-state index in [1.54, 1.807) is 0 Å². The van der Waals surface area contributed by atoms with Gasteiger partial charge in [0, 0.05) is 17.5 Å². The molecule has 0 N–H and O–H groups in total. The van der Waals surface area contributed by atoms with Crippen LogP contribution in [-0.2, 0) is 6.42 Å². The second-order valence-corrected chi connectivity index (χ2v) is 6.48. The van der Waals surface area contributed by atoms with Crippen LogP contribution >= 0.6 is 0 Å². The van der Waals surface area contributed by atoms with E-state index in [1.807, 2.05) is 0 Å². The monoisotopic (exact) mass is 520 g/mol. The van der Waals surface area contributed by atoms with Gasteiger partial charge in [0.05, 0.1) is 5.56 Å². The average molecular weight is 520 g/mol. The van der Waals surface area contributed by atoms with Crippen molar-refractivity contribution in [3.63, 3.8) is 0 Å². The van der Waals surface area contributed by atoms with Gasteiger partial charge in [-0.3, -0.25) is 0 Å². The van der Waals surface area contributed by atoms with Crippen molar-refractivity contribution < 1.29 is 61.5 Å². The molecule has 14 heteroatoms. The van der Waals surface area contributed by atoms with E-state index in [9.17, 15) is 61.5 Å². The zero-order valence-electron chi connectivity index (χ0n) is 16.0. The van der Waals surface area contributed by atoms with Gasteiger partial charge in [0.1, 0.15) is 5.56 Å². The maximum atomic E-state index is 14.4. The van der Waals surface area contributed by atoms with Crippen molar-refractivity contribution in [1.29, 1.82) is 0 Å². The molecule has 0 spiro atoms. The second-order valence-electron chi connectivity index (χ2n) is 6.48. The molecule has 0 amide bonds. The summed E-state index contributed by atoms with van der Waals surface area (Å²) in [6, 6.07) is 0. The van der Waals surface area contributed by atoms with E-state index in [2.05, 4.69) is 0 Å². The van der Waals surface area contributed by atoms with Crippen molar-refractivity contribution in [2.24, 2.45) is 0 Å². The van der Waals surface area contributed by atoms with Crippen molar-refractivity contribution in [2.75, 3.05) is 0 Å². The van der Waals surface area contributed by atoms with Crippen molar-refractivity contribution >= 4 is 0 Å². The zero-order valence-corrected chi connectivity index (χ0v) is 16.0. The highest BCUT2D eigenvalue weighted by molar-refractivity contribution is 5.71. The van der Waals surface area contributed by atoms with Crippen LogP contribution in [0.15, 0.2) is 0 Å². The predicted molar refractivity (Wildman–Crippen MR) is 88.3 cm³/mol. The molecule has 0 aliphatic rings. The summed E-state index contributed by atoms with van der Waals surface area (Å²) in [5.74, 6) is -33.8. The Labute approximate surface area is 184 Å². The Balaban J connectivity index is 2.31. The highest BCUT2D eigenvalue weighted by Gasteiger charge is 2.34. The third kappa shape index (κ3) is 3.94. The molecule has 0 unspecified atom stereocenters. The molecule has 35 heavy (non-hydrogen) atoms. The van der Waals surface area contributed by atoms with Crippen LogP contribution in [0.4, 0.5) is 61.5 Å². The van der Waals surface area contributed by atoms with Crippen LogP contribution in [0.5, 0.6) is 0 Å². The molecule has 3 aromatic rings. The molecule has 0 saturated carbocycles. The van der Waals surface area contributed by atoms with E-state index >= 15 is 0 Å². The maximum absolute atomic E-state index is 14.4. The van der Waals surface area contributed by atoms with Crippen LogP contribution in [0, 0.1) is 93.3 Å². The molecule has 0 atom stereocenters. The molecule has 0 aliphatic carbocycles. The van der Waals surface area contributed by atoms with Crippen molar-refractivity contribution in [2.45, 2.75) is 6.42 Å². The highest BCUT2D eigenvalue weighted by atomic mass is 19.2. The molecule has 0 aromatic heterocycles. The minimum Gasteiger partial charge on any atom is -0.203 e. The van der Waals surface area contributed by atoms with Gasteiger partial charge in [-0.25, -0.2) is 61.5 Å². The molecule has 0 saturated heterocycles. The molecule has 0 bridgehead atoms. The SMILES string of the molecule is Fc1c(F)c(F)c(C#CCc2c(F)c(F)c(F)c(F)c2-c2c(F)c(F)c(F)c(F)c2F)c(F)c1F. The van der Waals surface area contributed by atoms with Crippen LogP contribution in [-0.4, -0.2) is 0 Å². The summed E-state index contributed by atoms with van der Waals surface area (Å²) < 4.78 is 192. The van der Waals surface area contributed by atoms with Gasteiger partial charge in [-0.05, 0) is 0 Å². The van der Waals surface area contributed by atoms with Gasteiger partial charge in [-0.1, -0.05) is 11.8 Å². The van der Waals surface area contributed by atoms with E-state index in [0.29, 0.717) is 0 Å². The first-order valence-corrected chi connectivity index (χ1v) is 8.60. The maximum Gasteiger partial charge on any atom is 0.200 e. The summed E-state index contributed by atoms with van der Waals surface area (Å²) in [5.41, 5.74) is -7.81. The molecular weight excluding hydrogens is 518 g/mol. The third-order valence-corrected chi connectivity index (χ3v) is 4.51. The molecule has 184 valence electrons. The van der Waals surface area contributed by atoms with E-state index in [1.165, 1.54) is 11.8 Å². The Kier molecular flexibility index (Phi) is 6.74. The molecule has 0 heterocycles. The normalized spacial score (nSPS) is 11.0. The second kappa shape index (κ2) is 9.12. The lowest BCUT2D eigenvalue weighted by molar-refractivity contribution is 0.376. The van der Waals surface area contributed by atoms with Crippen molar-refractivity contribution in [3.8, 4) is 23.0 Å². The molecule has 3 rings (SSSR count). The smallest absolute Gasteiger partial charge is 0.200 e. The van der Waals surface area contributed by atoms with E-state index < -0.39 is 110 Å². The fourth-order valence-electron chi connectivity index (χ4n) is 2.86. The van der Waals surface area contributed by atoms with Crippen LogP contribution in [0.3, 0.4) is 0 Å². The van der Waals surface area contributed by atoms with Gasteiger partial charge in [0.2, 0.25) is 11.6 Å². The quantitative estimate of drug-likeness (QED) is 0.149. The Morgan fingerprint density at radius 3 is 1.09 bits per heavy atom. The summed E-state index contributed by atoms with van der Waals surface area (Å²) in [7, 11) is 0. The highest BCUT2D eigenvalue weighted by Crippen LogP contribution is 2.38. The van der Waals surface area contributed by atoms with Gasteiger partial charge in [-0.2, -0.15) is 0 Å². The zero-order chi connectivity index (χ0) is 26.5. The number of benzene rings is 3. The predicted octanol–water partition coefficient (Wildman–Crippen LogP) is 6.90. The van der Waals surface area contributed by atoms with Gasteiger partial charge in [-0.15, -0.1) is 0 Å². The summed E-state index contributed by atoms with van der Waals surface area (Å²) >= 11 is 0. The molecule has 3 aromatic carbocycles. The third-order valence-electron chi connectivity index (χ3n) is 4.51. The summed E-state index contributed by atoms with van der Waals surface area (Å²) in [4.78, 5) is 0. The molecular formula is C21H2F14. The number of hydrogen-bond acceptors (Lipinski definition) is 0. The fraction of sp³-hybridized carbons (Fsp3) is 0.0476. The largest absolute Gasteiger partial charge is 0.203 e. The molecule has 0 radical (unpaired) electrons. The Bertz CT molecular complexity index is 1400. The Morgan fingerprint density at radius 2 is 0.657 bits per heavy atom. The first kappa shape index (κ1) is 25.9. The van der Waals surface area contributed by atoms with Crippen molar-refractivity contribution in [3.05, 3.63) is 92.6 Å². The van der Waals surface area contributed by atoms with Gasteiger partial charge in [0.25, 0.3) is 0 Å². The minimum atomic E-state index is -2.76. The first-order chi connectivity index (χ1) is 16.2. The van der Waals surface area contributed by atoms with Gasteiger partial charge in [0.15, 0.2) is 69.8 Å². The standard InChI is InChI=1S/C21H2F14/c22-8-4(2-1-3-5-9(23)15(29)20(34)16(30)10(5)24)6(11(25)17(31)14(8)28)7-12(26)18(32)21(35)19(33)13(7)27/h2H2. The van der Waals surface area contributed by atoms with Gasteiger partial charge < -0.3 is 0 Å². The first-order valence-electron chi connectivity index (χ1n) is 8.60. The lowest BCUT2D eigenvalue weighted by atomic mass is 9.94. The van der Waals surface area contributed by atoms with E-state index in [-0.39, 0.29) is 0 Å². The molecule has 0 aliphatic heterocycles. The van der Waals surface area contributed by atoms with Crippen LogP contribution in [0.1, 0.15) is 11.1 Å². The molecule has 0 fully saturated rings.